The molecular weight excluding hydrogens is 262 g/mol. The van der Waals surface area contributed by atoms with Crippen LogP contribution in [-0.4, -0.2) is 39.8 Å². The lowest BCUT2D eigenvalue weighted by atomic mass is 10.0. The number of phenolic OH excluding ortho intramolecular Hbond substituents is 1. The zero-order valence-electron chi connectivity index (χ0n) is 10.4. The average Bonchev–Trinajstić information content (AvgIpc) is 2.45. The van der Waals surface area contributed by atoms with Crippen molar-refractivity contribution in [1.29, 1.82) is 0 Å². The summed E-state index contributed by atoms with van der Waals surface area (Å²) in [5, 5.41) is 31.2. The maximum Gasteiger partial charge on any atom is 0.334 e. The van der Waals surface area contributed by atoms with E-state index < -0.39 is 24.5 Å². The Morgan fingerprint density at radius 1 is 1.15 bits per heavy atom. The second-order valence-corrected chi connectivity index (χ2v) is 4.25. The Hall–Kier alpha value is -2.60. The molecule has 0 radical (unpaired) electrons. The number of aromatic hydroxyl groups is 1. The van der Waals surface area contributed by atoms with Crippen molar-refractivity contribution < 1.29 is 24.9 Å². The summed E-state index contributed by atoms with van der Waals surface area (Å²) in [6, 6.07) is 10.1. The van der Waals surface area contributed by atoms with E-state index in [1.807, 2.05) is 6.07 Å². The molecule has 0 aliphatic carbocycles. The lowest BCUT2D eigenvalue weighted by molar-refractivity contribution is -0.146. The van der Waals surface area contributed by atoms with E-state index in [0.29, 0.717) is 5.39 Å². The van der Waals surface area contributed by atoms with Crippen LogP contribution in [0.5, 0.6) is 5.75 Å². The van der Waals surface area contributed by atoms with Gasteiger partial charge >= 0.3 is 5.97 Å². The molecule has 0 aromatic heterocycles. The summed E-state index contributed by atoms with van der Waals surface area (Å²) in [5.41, 5.74) is 0.0290. The third-order valence-electron chi connectivity index (χ3n) is 2.89. The van der Waals surface area contributed by atoms with Crippen LogP contribution in [0, 0.1) is 0 Å². The van der Waals surface area contributed by atoms with Crippen LogP contribution in [0.4, 0.5) is 0 Å². The van der Waals surface area contributed by atoms with Crippen molar-refractivity contribution >= 4 is 22.6 Å². The van der Waals surface area contributed by atoms with Crippen LogP contribution in [0.25, 0.3) is 10.8 Å². The number of fused-ring (bicyclic) bond motifs is 1. The summed E-state index contributed by atoms with van der Waals surface area (Å²) in [7, 11) is 0. The zero-order valence-corrected chi connectivity index (χ0v) is 10.4. The molecule has 20 heavy (non-hydrogen) atoms. The van der Waals surface area contributed by atoms with Crippen molar-refractivity contribution in [1.82, 2.24) is 5.32 Å². The molecule has 0 aliphatic heterocycles. The van der Waals surface area contributed by atoms with Crippen molar-refractivity contribution in [2.45, 2.75) is 6.10 Å². The summed E-state index contributed by atoms with van der Waals surface area (Å²) in [4.78, 5) is 22.3. The van der Waals surface area contributed by atoms with Crippen LogP contribution >= 0.6 is 0 Å². The number of nitrogens with one attached hydrogen (secondary N) is 1. The first kappa shape index (κ1) is 13.8. The van der Waals surface area contributed by atoms with E-state index >= 15 is 0 Å². The fourth-order valence-corrected chi connectivity index (χ4v) is 1.81. The molecule has 1 atom stereocenters. The number of aliphatic hydroxyl groups excluding tert-OH is 1. The molecule has 2 aromatic rings. The van der Waals surface area contributed by atoms with Crippen LogP contribution in [0.15, 0.2) is 36.4 Å². The Bertz CT molecular complexity index is 668. The number of carbonyl (C=O) groups is 2. The first-order valence-electron chi connectivity index (χ1n) is 5.90. The number of carbonyl (C=O) groups excluding carboxylic acids is 1. The average molecular weight is 275 g/mol. The van der Waals surface area contributed by atoms with Crippen molar-refractivity contribution in [3.8, 4) is 5.75 Å². The van der Waals surface area contributed by atoms with Gasteiger partial charge in [0.15, 0.2) is 6.10 Å². The van der Waals surface area contributed by atoms with E-state index in [1.54, 1.807) is 24.3 Å². The Labute approximate surface area is 114 Å². The van der Waals surface area contributed by atoms with Gasteiger partial charge in [-0.3, -0.25) is 4.79 Å². The summed E-state index contributed by atoms with van der Waals surface area (Å²) in [5.74, 6) is -2.24. The smallest absolute Gasteiger partial charge is 0.334 e. The van der Waals surface area contributed by atoms with Crippen LogP contribution < -0.4 is 5.32 Å². The van der Waals surface area contributed by atoms with Crippen molar-refractivity contribution in [3.05, 3.63) is 42.0 Å². The van der Waals surface area contributed by atoms with Crippen molar-refractivity contribution in [2.75, 3.05) is 6.54 Å². The minimum atomic E-state index is -1.68. The van der Waals surface area contributed by atoms with Gasteiger partial charge < -0.3 is 20.6 Å². The number of aliphatic carboxylic acids is 1. The number of hydrogen-bond acceptors (Lipinski definition) is 4. The van der Waals surface area contributed by atoms with Gasteiger partial charge in [-0.1, -0.05) is 30.3 Å². The SMILES string of the molecule is O=C(NC[C@H](O)C(=O)O)c1ccc2ccccc2c1O. The topological polar surface area (TPSA) is 107 Å². The second kappa shape index (κ2) is 5.58. The number of amides is 1. The molecule has 6 nitrogen and oxygen atoms in total. The molecule has 104 valence electrons. The highest BCUT2D eigenvalue weighted by Crippen LogP contribution is 2.28. The second-order valence-electron chi connectivity index (χ2n) is 4.25. The Morgan fingerprint density at radius 2 is 1.85 bits per heavy atom. The summed E-state index contributed by atoms with van der Waals surface area (Å²) in [6.45, 7) is -0.430. The summed E-state index contributed by atoms with van der Waals surface area (Å²) >= 11 is 0. The molecule has 6 heteroatoms. The molecule has 1 amide bonds. The predicted octanol–water partition coefficient (Wildman–Crippen LogP) is 0.721. The van der Waals surface area contributed by atoms with Gasteiger partial charge in [0.2, 0.25) is 0 Å². The highest BCUT2D eigenvalue weighted by atomic mass is 16.4. The normalized spacial score (nSPS) is 12.1. The molecule has 2 rings (SSSR count). The third-order valence-corrected chi connectivity index (χ3v) is 2.89. The third kappa shape index (κ3) is 2.70. The van der Waals surface area contributed by atoms with Gasteiger partial charge in [0.1, 0.15) is 5.75 Å². The highest BCUT2D eigenvalue weighted by Gasteiger charge is 2.17. The fraction of sp³-hybridized carbons (Fsp3) is 0.143. The number of rotatable bonds is 4. The molecule has 0 bridgehead atoms. The Morgan fingerprint density at radius 3 is 2.55 bits per heavy atom. The van der Waals surface area contributed by atoms with Crippen molar-refractivity contribution in [2.24, 2.45) is 0 Å². The lowest BCUT2D eigenvalue weighted by Crippen LogP contribution is -2.36. The van der Waals surface area contributed by atoms with Gasteiger partial charge in [0.05, 0.1) is 12.1 Å². The van der Waals surface area contributed by atoms with Crippen LogP contribution in [-0.2, 0) is 4.79 Å². The molecule has 2 aromatic carbocycles. The molecule has 0 fully saturated rings. The monoisotopic (exact) mass is 275 g/mol. The lowest BCUT2D eigenvalue weighted by Gasteiger charge is -2.10. The molecule has 0 unspecified atom stereocenters. The Balaban J connectivity index is 2.22. The number of carboxylic acid groups (broad SMARTS) is 1. The summed E-state index contributed by atoms with van der Waals surface area (Å²) < 4.78 is 0. The van der Waals surface area contributed by atoms with Gasteiger partial charge in [-0.2, -0.15) is 0 Å². The highest BCUT2D eigenvalue weighted by molar-refractivity contribution is 6.03. The zero-order chi connectivity index (χ0) is 14.7. The fourth-order valence-electron chi connectivity index (χ4n) is 1.81. The van der Waals surface area contributed by atoms with Gasteiger partial charge in [0.25, 0.3) is 5.91 Å². The van der Waals surface area contributed by atoms with Crippen LogP contribution in [0.3, 0.4) is 0 Å². The molecule has 0 saturated carbocycles. The maximum absolute atomic E-state index is 11.9. The molecular formula is C14H13NO5. The Kier molecular flexibility index (Phi) is 3.86. The van der Waals surface area contributed by atoms with Crippen LogP contribution in [0.1, 0.15) is 10.4 Å². The van der Waals surface area contributed by atoms with E-state index in [1.165, 1.54) is 6.07 Å². The van der Waals surface area contributed by atoms with Crippen LogP contribution in [0.2, 0.25) is 0 Å². The van der Waals surface area contributed by atoms with E-state index in [2.05, 4.69) is 5.32 Å². The summed E-state index contributed by atoms with van der Waals surface area (Å²) in [6.07, 6.45) is -1.68. The standard InChI is InChI=1S/C14H13NO5/c16-11(14(19)20)7-15-13(18)10-6-5-8-3-1-2-4-9(8)12(10)17/h1-6,11,16-17H,7H2,(H,15,18)(H,19,20)/t11-/m0/s1. The van der Waals surface area contributed by atoms with E-state index in [0.717, 1.165) is 5.39 Å². The van der Waals surface area contributed by atoms with Crippen molar-refractivity contribution in [3.63, 3.8) is 0 Å². The van der Waals surface area contributed by atoms with Gasteiger partial charge in [0, 0.05) is 5.39 Å². The quantitative estimate of drug-likeness (QED) is 0.657. The molecule has 0 saturated heterocycles. The van der Waals surface area contributed by atoms with E-state index in [4.69, 9.17) is 10.2 Å². The minimum Gasteiger partial charge on any atom is -0.506 e. The van der Waals surface area contributed by atoms with Gasteiger partial charge in [-0.15, -0.1) is 0 Å². The molecule has 4 N–H and O–H groups in total. The number of aliphatic hydroxyl groups is 1. The van der Waals surface area contributed by atoms with E-state index in [9.17, 15) is 14.7 Å². The minimum absolute atomic E-state index is 0.0290. The van der Waals surface area contributed by atoms with Gasteiger partial charge in [-0.05, 0) is 11.5 Å². The maximum atomic E-state index is 11.9. The number of carboxylic acids is 1. The van der Waals surface area contributed by atoms with E-state index in [-0.39, 0.29) is 11.3 Å². The number of hydrogen-bond donors (Lipinski definition) is 4. The molecule has 0 heterocycles. The molecule has 0 aliphatic rings. The number of benzene rings is 2. The predicted molar refractivity (Wildman–Crippen MR) is 71.6 cm³/mol. The van der Waals surface area contributed by atoms with Gasteiger partial charge in [-0.25, -0.2) is 4.79 Å². The molecule has 0 spiro atoms. The first-order chi connectivity index (χ1) is 9.50. The largest absolute Gasteiger partial charge is 0.506 e. The number of phenols is 1. The first-order valence-corrected chi connectivity index (χ1v) is 5.90.